The molecule has 1 atom stereocenters. The number of fused-ring (bicyclic) bond motifs is 1. The fourth-order valence-electron chi connectivity index (χ4n) is 5.05. The number of hydrogen-bond donors (Lipinski definition) is 0. The molecule has 1 heterocycles. The molecule has 1 aliphatic heterocycles. The van der Waals surface area contributed by atoms with E-state index in [-0.39, 0.29) is 5.97 Å². The highest BCUT2D eigenvalue weighted by Gasteiger charge is 2.44. The van der Waals surface area contributed by atoms with Crippen molar-refractivity contribution in [1.82, 2.24) is 4.90 Å². The number of piperidine rings is 1. The van der Waals surface area contributed by atoms with E-state index < -0.39 is 5.41 Å². The molecule has 0 aromatic heterocycles. The van der Waals surface area contributed by atoms with Crippen LogP contribution < -0.4 is 0 Å². The van der Waals surface area contributed by atoms with Crippen LogP contribution in [0.1, 0.15) is 42.9 Å². The second-order valence-corrected chi connectivity index (χ2v) is 8.35. The second-order valence-electron chi connectivity index (χ2n) is 8.35. The minimum atomic E-state index is -0.479. The maximum absolute atomic E-state index is 12.9. The maximum atomic E-state index is 12.9. The minimum absolute atomic E-state index is 0.0487. The lowest BCUT2D eigenvalue weighted by molar-refractivity contribution is -0.152. The number of carbonyl (C=O) groups is 1. The normalized spacial score (nSPS) is 21.7. The predicted octanol–water partition coefficient (Wildman–Crippen LogP) is 4.39. The van der Waals surface area contributed by atoms with Gasteiger partial charge in [-0.1, -0.05) is 54.6 Å². The number of rotatable bonds is 5. The lowest BCUT2D eigenvalue weighted by Gasteiger charge is -2.41. The van der Waals surface area contributed by atoms with Crippen molar-refractivity contribution in [3.63, 3.8) is 0 Å². The summed E-state index contributed by atoms with van der Waals surface area (Å²) in [6.07, 6.45) is 5.35. The SMILES string of the molecule is CCOC(=O)C1(c2ccccc2)CCN(CC2CCc3ccccc3C2)CC1. The van der Waals surface area contributed by atoms with Crippen LogP contribution in [0.3, 0.4) is 0 Å². The van der Waals surface area contributed by atoms with Gasteiger partial charge in [-0.3, -0.25) is 4.79 Å². The molecule has 148 valence electrons. The average molecular weight is 378 g/mol. The van der Waals surface area contributed by atoms with E-state index in [2.05, 4.69) is 41.3 Å². The van der Waals surface area contributed by atoms with Gasteiger partial charge in [0.05, 0.1) is 12.0 Å². The molecule has 1 saturated heterocycles. The van der Waals surface area contributed by atoms with Gasteiger partial charge in [0.15, 0.2) is 0 Å². The van der Waals surface area contributed by atoms with E-state index in [1.165, 1.54) is 30.4 Å². The fourth-order valence-corrected chi connectivity index (χ4v) is 5.05. The van der Waals surface area contributed by atoms with Crippen molar-refractivity contribution in [3.8, 4) is 0 Å². The Morgan fingerprint density at radius 1 is 1.04 bits per heavy atom. The largest absolute Gasteiger partial charge is 0.465 e. The van der Waals surface area contributed by atoms with Gasteiger partial charge in [-0.25, -0.2) is 0 Å². The Morgan fingerprint density at radius 3 is 2.43 bits per heavy atom. The molecule has 2 aromatic rings. The molecule has 0 N–H and O–H groups in total. The molecule has 3 heteroatoms. The monoisotopic (exact) mass is 377 g/mol. The van der Waals surface area contributed by atoms with E-state index in [1.807, 2.05) is 25.1 Å². The molecular weight excluding hydrogens is 346 g/mol. The third-order valence-electron chi connectivity index (χ3n) is 6.67. The van der Waals surface area contributed by atoms with E-state index in [4.69, 9.17) is 4.74 Å². The summed E-state index contributed by atoms with van der Waals surface area (Å²) < 4.78 is 5.51. The molecule has 0 spiro atoms. The Bertz CT molecular complexity index is 793. The molecular formula is C25H31NO2. The average Bonchev–Trinajstić information content (AvgIpc) is 2.75. The van der Waals surface area contributed by atoms with Gasteiger partial charge in [-0.15, -0.1) is 0 Å². The predicted molar refractivity (Wildman–Crippen MR) is 112 cm³/mol. The van der Waals surface area contributed by atoms with Crippen LogP contribution in [-0.2, 0) is 27.8 Å². The van der Waals surface area contributed by atoms with Gasteiger partial charge in [-0.05, 0) is 74.7 Å². The first-order valence-electron chi connectivity index (χ1n) is 10.7. The number of esters is 1. The van der Waals surface area contributed by atoms with Crippen molar-refractivity contribution in [2.75, 3.05) is 26.2 Å². The summed E-state index contributed by atoms with van der Waals surface area (Å²) in [6.45, 7) is 5.41. The number of benzene rings is 2. The summed E-state index contributed by atoms with van der Waals surface area (Å²) in [5, 5.41) is 0. The highest BCUT2D eigenvalue weighted by molar-refractivity contribution is 5.83. The molecule has 0 saturated carbocycles. The van der Waals surface area contributed by atoms with Gasteiger partial charge >= 0.3 is 5.97 Å². The van der Waals surface area contributed by atoms with Crippen LogP contribution in [-0.4, -0.2) is 37.1 Å². The zero-order valence-electron chi connectivity index (χ0n) is 16.9. The van der Waals surface area contributed by atoms with Crippen molar-refractivity contribution in [2.24, 2.45) is 5.92 Å². The van der Waals surface area contributed by atoms with Crippen LogP contribution >= 0.6 is 0 Å². The van der Waals surface area contributed by atoms with Crippen LogP contribution in [0.4, 0.5) is 0 Å². The zero-order valence-corrected chi connectivity index (χ0v) is 16.9. The Balaban J connectivity index is 1.42. The van der Waals surface area contributed by atoms with Crippen molar-refractivity contribution >= 4 is 5.97 Å². The number of ether oxygens (including phenoxy) is 1. The summed E-state index contributed by atoms with van der Waals surface area (Å²) in [4.78, 5) is 15.5. The molecule has 1 aliphatic carbocycles. The van der Waals surface area contributed by atoms with E-state index in [0.29, 0.717) is 6.61 Å². The van der Waals surface area contributed by atoms with E-state index in [9.17, 15) is 4.79 Å². The van der Waals surface area contributed by atoms with E-state index >= 15 is 0 Å². The van der Waals surface area contributed by atoms with Crippen molar-refractivity contribution in [3.05, 3.63) is 71.3 Å². The summed E-state index contributed by atoms with van der Waals surface area (Å²) in [5.74, 6) is 0.675. The van der Waals surface area contributed by atoms with Crippen molar-refractivity contribution < 1.29 is 9.53 Å². The summed E-state index contributed by atoms with van der Waals surface area (Å²) in [7, 11) is 0. The quantitative estimate of drug-likeness (QED) is 0.724. The molecule has 28 heavy (non-hydrogen) atoms. The number of carbonyl (C=O) groups excluding carboxylic acids is 1. The van der Waals surface area contributed by atoms with Crippen LogP contribution in [0.25, 0.3) is 0 Å². The highest BCUT2D eigenvalue weighted by atomic mass is 16.5. The summed E-state index contributed by atoms with van der Waals surface area (Å²) >= 11 is 0. The van der Waals surface area contributed by atoms with Crippen LogP contribution in [0.2, 0.25) is 0 Å². The molecule has 2 aromatic carbocycles. The van der Waals surface area contributed by atoms with Crippen molar-refractivity contribution in [1.29, 1.82) is 0 Å². The van der Waals surface area contributed by atoms with Crippen LogP contribution in [0, 0.1) is 5.92 Å². The van der Waals surface area contributed by atoms with E-state index in [0.717, 1.165) is 44.0 Å². The third-order valence-corrected chi connectivity index (χ3v) is 6.67. The minimum Gasteiger partial charge on any atom is -0.465 e. The maximum Gasteiger partial charge on any atom is 0.316 e. The van der Waals surface area contributed by atoms with Gasteiger partial charge in [-0.2, -0.15) is 0 Å². The van der Waals surface area contributed by atoms with Gasteiger partial charge in [0, 0.05) is 6.54 Å². The Hall–Kier alpha value is -2.13. The van der Waals surface area contributed by atoms with Crippen LogP contribution in [0.15, 0.2) is 54.6 Å². The second kappa shape index (κ2) is 8.48. The number of hydrogen-bond acceptors (Lipinski definition) is 3. The Labute approximate surface area is 168 Å². The molecule has 3 nitrogen and oxygen atoms in total. The van der Waals surface area contributed by atoms with Crippen molar-refractivity contribution in [2.45, 2.75) is 44.4 Å². The number of aryl methyl sites for hydroxylation is 1. The molecule has 1 fully saturated rings. The number of likely N-dealkylation sites (tertiary alicyclic amines) is 1. The lowest BCUT2D eigenvalue weighted by atomic mass is 9.72. The molecule has 2 aliphatic rings. The lowest BCUT2D eigenvalue weighted by Crippen LogP contribution is -2.49. The van der Waals surface area contributed by atoms with Gasteiger partial charge in [0.2, 0.25) is 0 Å². The van der Waals surface area contributed by atoms with E-state index in [1.54, 1.807) is 0 Å². The molecule has 0 amide bonds. The standard InChI is InChI=1S/C25H31NO2/c1-2-28-24(27)25(23-10-4-3-5-11-23)14-16-26(17-15-25)19-20-12-13-21-8-6-7-9-22(21)18-20/h3-11,20H,2,12-19H2,1H3. The summed E-state index contributed by atoms with van der Waals surface area (Å²) in [5.41, 5.74) is 3.69. The molecule has 0 bridgehead atoms. The first-order valence-corrected chi connectivity index (χ1v) is 10.7. The topological polar surface area (TPSA) is 29.5 Å². The Kier molecular flexibility index (Phi) is 5.82. The van der Waals surface area contributed by atoms with Gasteiger partial charge < -0.3 is 9.64 Å². The summed E-state index contributed by atoms with van der Waals surface area (Å²) in [6, 6.07) is 19.1. The molecule has 4 rings (SSSR count). The molecule has 0 radical (unpaired) electrons. The first kappa shape index (κ1) is 19.2. The molecule has 1 unspecified atom stereocenters. The Morgan fingerprint density at radius 2 is 1.71 bits per heavy atom. The fraction of sp³-hybridized carbons (Fsp3) is 0.480. The first-order chi connectivity index (χ1) is 13.7. The van der Waals surface area contributed by atoms with Crippen LogP contribution in [0.5, 0.6) is 0 Å². The smallest absolute Gasteiger partial charge is 0.316 e. The highest BCUT2D eigenvalue weighted by Crippen LogP contribution is 2.37. The zero-order chi connectivity index (χ0) is 19.4. The van der Waals surface area contributed by atoms with Gasteiger partial charge in [0.1, 0.15) is 0 Å². The van der Waals surface area contributed by atoms with Gasteiger partial charge in [0.25, 0.3) is 0 Å². The third kappa shape index (κ3) is 3.86. The number of nitrogens with zero attached hydrogens (tertiary/aromatic N) is 1.